The Kier molecular flexibility index (Phi) is 8.94. The van der Waals surface area contributed by atoms with Gasteiger partial charge in [-0.3, -0.25) is 4.79 Å². The van der Waals surface area contributed by atoms with Crippen LogP contribution in [-0.4, -0.2) is 5.78 Å². The summed E-state index contributed by atoms with van der Waals surface area (Å²) in [7, 11) is 0. The van der Waals surface area contributed by atoms with Crippen molar-refractivity contribution in [3.8, 4) is 0 Å². The van der Waals surface area contributed by atoms with Crippen molar-refractivity contribution in [2.24, 2.45) is 0 Å². The van der Waals surface area contributed by atoms with E-state index < -0.39 is 0 Å². The van der Waals surface area contributed by atoms with Gasteiger partial charge in [-0.25, -0.2) is 0 Å². The van der Waals surface area contributed by atoms with Gasteiger partial charge in [-0.2, -0.15) is 0 Å². The third kappa shape index (κ3) is 7.00. The molecular formula is C43H38N2O. The molecule has 0 saturated heterocycles. The predicted molar refractivity (Wildman–Crippen MR) is 195 cm³/mol. The lowest BCUT2D eigenvalue weighted by Crippen LogP contribution is -2.10. The highest BCUT2D eigenvalue weighted by Gasteiger charge is 2.14. The number of carbonyl (C=O) groups excluding carboxylic acids is 1. The number of ketones is 1. The summed E-state index contributed by atoms with van der Waals surface area (Å²) < 4.78 is 0. The fourth-order valence-electron chi connectivity index (χ4n) is 5.45. The number of hydrogen-bond donors (Lipinski definition) is 0. The topological polar surface area (TPSA) is 23.6 Å². The molecule has 0 aliphatic carbocycles. The summed E-state index contributed by atoms with van der Waals surface area (Å²) in [6, 6.07) is 50.3. The third-order valence-corrected chi connectivity index (χ3v) is 8.16. The van der Waals surface area contributed by atoms with Gasteiger partial charge in [0.15, 0.2) is 5.78 Å². The first-order valence-electron chi connectivity index (χ1n) is 15.6. The number of carbonyl (C=O) groups is 1. The molecule has 3 heteroatoms. The quantitative estimate of drug-likeness (QED) is 0.122. The van der Waals surface area contributed by atoms with Gasteiger partial charge in [0.2, 0.25) is 0 Å². The highest BCUT2D eigenvalue weighted by molar-refractivity contribution is 6.07. The van der Waals surface area contributed by atoms with Crippen molar-refractivity contribution in [2.75, 3.05) is 9.80 Å². The number of anilines is 6. The maximum atomic E-state index is 13.2. The summed E-state index contributed by atoms with van der Waals surface area (Å²) >= 11 is 0. The summed E-state index contributed by atoms with van der Waals surface area (Å²) in [5.41, 5.74) is 12.9. The molecule has 6 aromatic carbocycles. The van der Waals surface area contributed by atoms with Crippen LogP contribution in [0, 0.1) is 27.7 Å². The Hall–Kier alpha value is -5.67. The first kappa shape index (κ1) is 30.4. The first-order valence-corrected chi connectivity index (χ1v) is 15.6. The van der Waals surface area contributed by atoms with Gasteiger partial charge in [0.25, 0.3) is 0 Å². The number of benzene rings is 6. The molecule has 6 rings (SSSR count). The summed E-state index contributed by atoms with van der Waals surface area (Å²) in [6.07, 6.45) is 3.53. The van der Waals surface area contributed by atoms with Crippen LogP contribution in [0.25, 0.3) is 6.08 Å². The van der Waals surface area contributed by atoms with E-state index in [1.807, 2.05) is 30.3 Å². The van der Waals surface area contributed by atoms with Gasteiger partial charge in [-0.15, -0.1) is 0 Å². The van der Waals surface area contributed by atoms with E-state index in [4.69, 9.17) is 0 Å². The van der Waals surface area contributed by atoms with Crippen LogP contribution in [0.3, 0.4) is 0 Å². The molecule has 0 radical (unpaired) electrons. The number of rotatable bonds is 9. The minimum absolute atomic E-state index is 0.0335. The third-order valence-electron chi connectivity index (χ3n) is 8.16. The van der Waals surface area contributed by atoms with Gasteiger partial charge in [-0.1, -0.05) is 89.0 Å². The molecule has 0 saturated carbocycles. The average molecular weight is 599 g/mol. The molecule has 0 atom stereocenters. The van der Waals surface area contributed by atoms with Crippen LogP contribution in [-0.2, 0) is 0 Å². The highest BCUT2D eigenvalue weighted by Crippen LogP contribution is 2.36. The normalized spacial score (nSPS) is 11.0. The van der Waals surface area contributed by atoms with Crippen molar-refractivity contribution < 1.29 is 4.79 Å². The Labute approximate surface area is 272 Å². The number of nitrogens with zero attached hydrogens (tertiary/aromatic N) is 2. The van der Waals surface area contributed by atoms with Crippen molar-refractivity contribution in [2.45, 2.75) is 27.7 Å². The summed E-state index contributed by atoms with van der Waals surface area (Å²) in [5, 5.41) is 0. The molecule has 0 aromatic heterocycles. The molecular weight excluding hydrogens is 560 g/mol. The van der Waals surface area contributed by atoms with E-state index in [2.05, 4.69) is 159 Å². The lowest BCUT2D eigenvalue weighted by atomic mass is 10.1. The molecule has 226 valence electrons. The van der Waals surface area contributed by atoms with E-state index in [-0.39, 0.29) is 5.78 Å². The highest BCUT2D eigenvalue weighted by atomic mass is 16.1. The van der Waals surface area contributed by atoms with Gasteiger partial charge in [-0.05, 0) is 124 Å². The molecule has 0 fully saturated rings. The van der Waals surface area contributed by atoms with Crippen molar-refractivity contribution in [1.82, 2.24) is 0 Å². The zero-order valence-corrected chi connectivity index (χ0v) is 26.8. The zero-order valence-electron chi connectivity index (χ0n) is 26.8. The first-order chi connectivity index (χ1) is 22.3. The Morgan fingerprint density at radius 1 is 0.391 bits per heavy atom. The Bertz CT molecular complexity index is 1840. The second-order valence-corrected chi connectivity index (χ2v) is 11.8. The lowest BCUT2D eigenvalue weighted by molar-refractivity contribution is 0.104. The zero-order chi connectivity index (χ0) is 32.0. The van der Waals surface area contributed by atoms with Crippen LogP contribution < -0.4 is 9.80 Å². The maximum absolute atomic E-state index is 13.2. The van der Waals surface area contributed by atoms with Crippen molar-refractivity contribution >= 4 is 46.0 Å². The number of aryl methyl sites for hydroxylation is 4. The minimum Gasteiger partial charge on any atom is -0.311 e. The van der Waals surface area contributed by atoms with Crippen molar-refractivity contribution in [3.05, 3.63) is 185 Å². The van der Waals surface area contributed by atoms with E-state index in [0.29, 0.717) is 5.56 Å². The van der Waals surface area contributed by atoms with Crippen LogP contribution >= 0.6 is 0 Å². The minimum atomic E-state index is -0.0335. The van der Waals surface area contributed by atoms with Gasteiger partial charge < -0.3 is 9.80 Å². The molecule has 0 aliphatic rings. The fraction of sp³-hybridized carbons (Fsp3) is 0.0930. The second kappa shape index (κ2) is 13.5. The van der Waals surface area contributed by atoms with Crippen LogP contribution in [0.5, 0.6) is 0 Å². The molecule has 0 spiro atoms. The van der Waals surface area contributed by atoms with E-state index >= 15 is 0 Å². The monoisotopic (exact) mass is 598 g/mol. The Morgan fingerprint density at radius 3 is 0.957 bits per heavy atom. The number of hydrogen-bond acceptors (Lipinski definition) is 3. The fourth-order valence-corrected chi connectivity index (χ4v) is 5.45. The standard InChI is InChI=1S/C43H38N2O/c1-31-5-18-37(19-6-31)44(38-20-7-32(2)8-21-38)41-26-13-35(14-27-41)15-30-43(46)36-16-28-42(29-17-36)45(39-22-9-33(3)10-23-39)40-24-11-34(4)12-25-40/h5-30H,1-4H3. The average Bonchev–Trinajstić information content (AvgIpc) is 3.08. The maximum Gasteiger partial charge on any atom is 0.185 e. The van der Waals surface area contributed by atoms with E-state index in [1.165, 1.54) is 22.3 Å². The van der Waals surface area contributed by atoms with Gasteiger partial charge in [0.1, 0.15) is 0 Å². The van der Waals surface area contributed by atoms with Gasteiger partial charge in [0, 0.05) is 39.7 Å². The molecule has 0 N–H and O–H groups in total. The van der Waals surface area contributed by atoms with Gasteiger partial charge in [0.05, 0.1) is 0 Å². The van der Waals surface area contributed by atoms with Crippen LogP contribution in [0.2, 0.25) is 0 Å². The second-order valence-electron chi connectivity index (χ2n) is 11.8. The largest absolute Gasteiger partial charge is 0.311 e. The van der Waals surface area contributed by atoms with Crippen LogP contribution in [0.1, 0.15) is 38.2 Å². The van der Waals surface area contributed by atoms with E-state index in [9.17, 15) is 4.79 Å². The molecule has 6 aromatic rings. The summed E-state index contributed by atoms with van der Waals surface area (Å²) in [6.45, 7) is 8.38. The Balaban J connectivity index is 1.21. The van der Waals surface area contributed by atoms with Gasteiger partial charge >= 0.3 is 0 Å². The predicted octanol–water partition coefficient (Wildman–Crippen LogP) is 11.8. The molecule has 0 heterocycles. The molecule has 0 bridgehead atoms. The smallest absolute Gasteiger partial charge is 0.185 e. The van der Waals surface area contributed by atoms with E-state index in [0.717, 1.165) is 39.7 Å². The van der Waals surface area contributed by atoms with E-state index in [1.54, 1.807) is 6.08 Å². The molecule has 0 unspecified atom stereocenters. The Morgan fingerprint density at radius 2 is 0.652 bits per heavy atom. The van der Waals surface area contributed by atoms with Crippen molar-refractivity contribution in [3.63, 3.8) is 0 Å². The van der Waals surface area contributed by atoms with Crippen LogP contribution in [0.4, 0.5) is 34.1 Å². The molecule has 46 heavy (non-hydrogen) atoms. The molecule has 0 amide bonds. The summed E-state index contributed by atoms with van der Waals surface area (Å²) in [4.78, 5) is 17.7. The SMILES string of the molecule is Cc1ccc(N(c2ccc(C)cc2)c2ccc(C=CC(=O)c3ccc(N(c4ccc(C)cc4)c4ccc(C)cc4)cc3)cc2)cc1. The van der Waals surface area contributed by atoms with Crippen LogP contribution in [0.15, 0.2) is 152 Å². The summed E-state index contributed by atoms with van der Waals surface area (Å²) in [5.74, 6) is -0.0335. The molecule has 3 nitrogen and oxygen atoms in total. The molecule has 0 aliphatic heterocycles. The van der Waals surface area contributed by atoms with Crippen molar-refractivity contribution in [1.29, 1.82) is 0 Å². The lowest BCUT2D eigenvalue weighted by Gasteiger charge is -2.26. The number of allylic oxidation sites excluding steroid dienone is 1.